The van der Waals surface area contributed by atoms with Crippen LogP contribution in [-0.4, -0.2) is 11.3 Å². The van der Waals surface area contributed by atoms with E-state index in [4.69, 9.17) is 8.92 Å². The van der Waals surface area contributed by atoms with E-state index in [1.165, 1.54) is 0 Å². The van der Waals surface area contributed by atoms with Crippen LogP contribution in [-0.2, 0) is 20.8 Å². The summed E-state index contributed by atoms with van der Waals surface area (Å²) in [5.41, 5.74) is 0. The standard InChI is InChI=1S/C7H8O3S2/c1-9-6-2-4-7(5-3-6)10-12(8)11/h2-5,12H,1H3. The molecule has 12 heavy (non-hydrogen) atoms. The summed E-state index contributed by atoms with van der Waals surface area (Å²) in [7, 11) is -0.425. The summed E-state index contributed by atoms with van der Waals surface area (Å²) in [5.74, 6) is 1.22. The molecule has 0 aliphatic rings. The van der Waals surface area contributed by atoms with Crippen molar-refractivity contribution in [1.29, 1.82) is 0 Å². The van der Waals surface area contributed by atoms with E-state index in [0.29, 0.717) is 5.75 Å². The third-order valence-corrected chi connectivity index (χ3v) is 1.82. The summed E-state index contributed by atoms with van der Waals surface area (Å²) in [5, 5.41) is 0. The van der Waals surface area contributed by atoms with Crippen molar-refractivity contribution in [3.05, 3.63) is 24.3 Å². The highest BCUT2D eigenvalue weighted by atomic mass is 32.8. The van der Waals surface area contributed by atoms with Crippen LogP contribution in [0.1, 0.15) is 0 Å². The lowest BCUT2D eigenvalue weighted by molar-refractivity contribution is 0.414. The SMILES string of the molecule is COc1ccc(O[SH](=O)=S)cc1. The number of methoxy groups -OCH3 is 1. The first-order valence-corrected chi connectivity index (χ1v) is 5.38. The monoisotopic (exact) mass is 204 g/mol. The first-order valence-electron chi connectivity index (χ1n) is 3.19. The van der Waals surface area contributed by atoms with Gasteiger partial charge in [-0.3, -0.25) is 0 Å². The number of hydrogen-bond donors (Lipinski definition) is 1. The van der Waals surface area contributed by atoms with Crippen molar-refractivity contribution >= 4 is 20.8 Å². The van der Waals surface area contributed by atoms with E-state index in [1.54, 1.807) is 31.4 Å². The average molecular weight is 204 g/mol. The average Bonchev–Trinajstić information content (AvgIpc) is 2.05. The molecule has 1 rings (SSSR count). The second kappa shape index (κ2) is 4.27. The summed E-state index contributed by atoms with van der Waals surface area (Å²) in [6, 6.07) is 6.73. The number of thiol groups is 1. The fourth-order valence-electron chi connectivity index (χ4n) is 0.723. The van der Waals surface area contributed by atoms with Crippen molar-refractivity contribution in [1.82, 2.24) is 0 Å². The molecular weight excluding hydrogens is 196 g/mol. The van der Waals surface area contributed by atoms with Crippen molar-refractivity contribution in [3.8, 4) is 11.5 Å². The third-order valence-electron chi connectivity index (χ3n) is 1.24. The Kier molecular flexibility index (Phi) is 3.31. The van der Waals surface area contributed by atoms with Gasteiger partial charge in [-0.2, -0.15) is 0 Å². The van der Waals surface area contributed by atoms with Gasteiger partial charge in [-0.15, -0.1) is 0 Å². The lowest BCUT2D eigenvalue weighted by Crippen LogP contribution is -1.88. The molecule has 0 spiro atoms. The van der Waals surface area contributed by atoms with Crippen molar-refractivity contribution in [3.63, 3.8) is 0 Å². The lowest BCUT2D eigenvalue weighted by Gasteiger charge is -2.00. The molecular formula is C7H8O3S2. The number of ether oxygens (including phenoxy) is 1. The van der Waals surface area contributed by atoms with Crippen molar-refractivity contribution < 1.29 is 13.1 Å². The number of hydrogen-bond acceptors (Lipinski definition) is 4. The Balaban J connectivity index is 2.77. The van der Waals surface area contributed by atoms with Crippen LogP contribution in [0, 0.1) is 0 Å². The van der Waals surface area contributed by atoms with Gasteiger partial charge in [0.15, 0.2) is 9.64 Å². The Hall–Kier alpha value is -0.810. The third kappa shape index (κ3) is 2.67. The molecule has 0 heterocycles. The Morgan fingerprint density at radius 2 is 1.75 bits per heavy atom. The minimum atomic E-state index is -2.00. The number of benzene rings is 1. The summed E-state index contributed by atoms with van der Waals surface area (Å²) >= 11 is 4.38. The van der Waals surface area contributed by atoms with Crippen LogP contribution < -0.4 is 8.92 Å². The molecule has 1 aromatic carbocycles. The predicted octanol–water partition coefficient (Wildman–Crippen LogP) is 0.932. The Morgan fingerprint density at radius 3 is 2.17 bits per heavy atom. The lowest BCUT2D eigenvalue weighted by atomic mass is 10.3. The molecule has 0 saturated carbocycles. The topological polar surface area (TPSA) is 35.5 Å². The first kappa shape index (κ1) is 9.28. The van der Waals surface area contributed by atoms with E-state index in [-0.39, 0.29) is 0 Å². The van der Waals surface area contributed by atoms with E-state index in [1.807, 2.05) is 0 Å². The van der Waals surface area contributed by atoms with E-state index in [0.717, 1.165) is 5.75 Å². The van der Waals surface area contributed by atoms with Gasteiger partial charge in [0.25, 0.3) is 0 Å². The first-order chi connectivity index (χ1) is 5.72. The zero-order chi connectivity index (χ0) is 8.97. The summed E-state index contributed by atoms with van der Waals surface area (Å²) < 4.78 is 20.2. The van der Waals surface area contributed by atoms with Crippen LogP contribution in [0.25, 0.3) is 0 Å². The van der Waals surface area contributed by atoms with Gasteiger partial charge in [0, 0.05) is 11.2 Å². The Bertz CT molecular complexity index is 308. The molecule has 66 valence electrons. The maximum Gasteiger partial charge on any atom is 0.174 e. The van der Waals surface area contributed by atoms with Gasteiger partial charge in [0.05, 0.1) is 7.11 Å². The molecule has 0 fully saturated rings. The van der Waals surface area contributed by atoms with Crippen LogP contribution in [0.2, 0.25) is 0 Å². The van der Waals surface area contributed by atoms with Crippen LogP contribution in [0.3, 0.4) is 0 Å². The molecule has 0 N–H and O–H groups in total. The molecule has 0 aromatic heterocycles. The second-order valence-electron chi connectivity index (χ2n) is 1.99. The van der Waals surface area contributed by atoms with Crippen LogP contribution in [0.5, 0.6) is 11.5 Å². The molecule has 0 aliphatic carbocycles. The smallest absolute Gasteiger partial charge is 0.174 e. The predicted molar refractivity (Wildman–Crippen MR) is 50.5 cm³/mol. The highest BCUT2D eigenvalue weighted by Gasteiger charge is 1.93. The van der Waals surface area contributed by atoms with Gasteiger partial charge in [0.2, 0.25) is 0 Å². The van der Waals surface area contributed by atoms with E-state index < -0.39 is 9.64 Å². The molecule has 1 atom stereocenters. The molecule has 0 saturated heterocycles. The molecule has 5 heteroatoms. The summed E-state index contributed by atoms with van der Waals surface area (Å²) in [4.78, 5) is 0. The highest BCUT2D eigenvalue weighted by molar-refractivity contribution is 8.19. The van der Waals surface area contributed by atoms with Crippen LogP contribution in [0.4, 0.5) is 0 Å². The normalized spacial score (nSPS) is 12.1. The molecule has 1 unspecified atom stereocenters. The summed E-state index contributed by atoms with van der Waals surface area (Å²) in [6.07, 6.45) is 0. The van der Waals surface area contributed by atoms with Crippen LogP contribution >= 0.6 is 0 Å². The minimum Gasteiger partial charge on any atom is -0.497 e. The van der Waals surface area contributed by atoms with Crippen molar-refractivity contribution in [2.24, 2.45) is 0 Å². The second-order valence-corrected chi connectivity index (χ2v) is 3.51. The maximum absolute atomic E-state index is 10.5. The van der Waals surface area contributed by atoms with E-state index in [9.17, 15) is 4.21 Å². The molecule has 0 amide bonds. The Morgan fingerprint density at radius 1 is 1.25 bits per heavy atom. The molecule has 1 aromatic rings. The summed E-state index contributed by atoms with van der Waals surface area (Å²) in [6.45, 7) is 0. The molecule has 0 bridgehead atoms. The zero-order valence-corrected chi connectivity index (χ0v) is 8.10. The van der Waals surface area contributed by atoms with Crippen molar-refractivity contribution in [2.45, 2.75) is 0 Å². The quantitative estimate of drug-likeness (QED) is 0.743. The number of rotatable bonds is 3. The van der Waals surface area contributed by atoms with E-state index >= 15 is 0 Å². The van der Waals surface area contributed by atoms with Gasteiger partial charge in [-0.05, 0) is 24.3 Å². The molecule has 0 aliphatic heterocycles. The van der Waals surface area contributed by atoms with Gasteiger partial charge in [-0.25, -0.2) is 4.21 Å². The highest BCUT2D eigenvalue weighted by Crippen LogP contribution is 2.16. The van der Waals surface area contributed by atoms with Gasteiger partial charge < -0.3 is 8.92 Å². The van der Waals surface area contributed by atoms with Gasteiger partial charge in [-0.1, -0.05) is 0 Å². The van der Waals surface area contributed by atoms with Crippen molar-refractivity contribution in [2.75, 3.05) is 7.11 Å². The van der Waals surface area contributed by atoms with Gasteiger partial charge >= 0.3 is 0 Å². The molecule has 3 nitrogen and oxygen atoms in total. The minimum absolute atomic E-state index is 0.493. The molecule has 0 radical (unpaired) electrons. The fourth-order valence-corrected chi connectivity index (χ4v) is 1.27. The van der Waals surface area contributed by atoms with Gasteiger partial charge in [0.1, 0.15) is 11.5 Å². The van der Waals surface area contributed by atoms with Crippen LogP contribution in [0.15, 0.2) is 24.3 Å². The Labute approximate surface area is 77.2 Å². The largest absolute Gasteiger partial charge is 0.497 e. The van der Waals surface area contributed by atoms with E-state index in [2.05, 4.69) is 11.2 Å². The fraction of sp³-hybridized carbons (Fsp3) is 0.143. The maximum atomic E-state index is 10.5. The zero-order valence-electron chi connectivity index (χ0n) is 6.39.